The number of hydrogen-bond acceptors (Lipinski definition) is 4. The molecular weight excluding hydrogens is 248 g/mol. The second-order valence-electron chi connectivity index (χ2n) is 5.52. The Morgan fingerprint density at radius 3 is 2.45 bits per heavy atom. The van der Waals surface area contributed by atoms with Crippen molar-refractivity contribution >= 4 is 0 Å². The second kappa shape index (κ2) is 5.29. The fourth-order valence-electron chi connectivity index (χ4n) is 2.35. The zero-order valence-electron chi connectivity index (χ0n) is 12.3. The largest absolute Gasteiger partial charge is 0.310 e. The summed E-state index contributed by atoms with van der Waals surface area (Å²) >= 11 is 0. The smallest absolute Gasteiger partial charge is 0.178 e. The van der Waals surface area contributed by atoms with Gasteiger partial charge in [-0.2, -0.15) is 0 Å². The monoisotopic (exact) mass is 268 g/mol. The van der Waals surface area contributed by atoms with E-state index in [1.807, 2.05) is 19.1 Å². The first-order valence-electron chi connectivity index (χ1n) is 7.14. The summed E-state index contributed by atoms with van der Waals surface area (Å²) in [5, 5.41) is 3.53. The highest BCUT2D eigenvalue weighted by Gasteiger charge is 2.21. The number of pyridine rings is 1. The number of rotatable bonds is 4. The number of nitrogens with one attached hydrogen (secondary N) is 1. The second-order valence-corrected chi connectivity index (χ2v) is 5.52. The molecule has 2 aromatic rings. The van der Waals surface area contributed by atoms with Gasteiger partial charge < -0.3 is 5.32 Å². The molecule has 20 heavy (non-hydrogen) atoms. The molecule has 2 heterocycles. The summed E-state index contributed by atoms with van der Waals surface area (Å²) in [7, 11) is 0. The fourth-order valence-corrected chi connectivity index (χ4v) is 2.35. The summed E-state index contributed by atoms with van der Waals surface area (Å²) in [4.78, 5) is 13.7. The number of aromatic nitrogens is 3. The van der Waals surface area contributed by atoms with Crippen molar-refractivity contribution in [2.75, 3.05) is 0 Å². The maximum Gasteiger partial charge on any atom is 0.178 e. The van der Waals surface area contributed by atoms with Gasteiger partial charge >= 0.3 is 0 Å². The summed E-state index contributed by atoms with van der Waals surface area (Å²) in [6, 6.07) is 4.68. The average molecular weight is 268 g/mol. The number of hydrogen-bond donors (Lipinski definition) is 1. The minimum absolute atomic E-state index is 0.700. The molecule has 1 aliphatic rings. The molecule has 0 atom stereocenters. The van der Waals surface area contributed by atoms with Crippen molar-refractivity contribution in [3.63, 3.8) is 0 Å². The van der Waals surface area contributed by atoms with Gasteiger partial charge in [0.2, 0.25) is 0 Å². The molecule has 2 aromatic heterocycles. The van der Waals surface area contributed by atoms with Gasteiger partial charge in [0.05, 0.1) is 0 Å². The topological polar surface area (TPSA) is 50.7 Å². The molecule has 0 radical (unpaired) electrons. The number of nitrogens with zero attached hydrogens (tertiary/aromatic N) is 3. The van der Waals surface area contributed by atoms with Crippen molar-refractivity contribution in [3.8, 4) is 11.5 Å². The van der Waals surface area contributed by atoms with Gasteiger partial charge in [-0.15, -0.1) is 0 Å². The Hall–Kier alpha value is -1.81. The van der Waals surface area contributed by atoms with Crippen molar-refractivity contribution < 1.29 is 0 Å². The first kappa shape index (κ1) is 13.2. The third-order valence-corrected chi connectivity index (χ3v) is 3.79. The fraction of sp³-hybridized carbons (Fsp3) is 0.438. The molecule has 0 unspecified atom stereocenters. The molecule has 0 amide bonds. The van der Waals surface area contributed by atoms with Gasteiger partial charge in [0.15, 0.2) is 5.82 Å². The Morgan fingerprint density at radius 1 is 1.15 bits per heavy atom. The van der Waals surface area contributed by atoms with E-state index in [4.69, 9.17) is 0 Å². The van der Waals surface area contributed by atoms with Crippen LogP contribution in [-0.2, 0) is 6.54 Å². The lowest BCUT2D eigenvalue weighted by Crippen LogP contribution is -2.18. The van der Waals surface area contributed by atoms with E-state index in [0.29, 0.717) is 6.04 Å². The van der Waals surface area contributed by atoms with E-state index in [9.17, 15) is 0 Å². The maximum absolute atomic E-state index is 4.65. The first-order valence-corrected chi connectivity index (χ1v) is 7.14. The molecule has 0 bridgehead atoms. The summed E-state index contributed by atoms with van der Waals surface area (Å²) in [5.74, 6) is 0.730. The van der Waals surface area contributed by atoms with Crippen LogP contribution in [0.1, 0.15) is 35.4 Å². The van der Waals surface area contributed by atoms with Gasteiger partial charge in [-0.05, 0) is 45.2 Å². The van der Waals surface area contributed by atoms with Crippen LogP contribution in [0.25, 0.3) is 11.5 Å². The SMILES string of the molecule is Cc1cccnc1-c1nc(C)c(CNC2CC2)c(C)n1. The van der Waals surface area contributed by atoms with E-state index < -0.39 is 0 Å². The van der Waals surface area contributed by atoms with Gasteiger partial charge in [-0.25, -0.2) is 9.97 Å². The van der Waals surface area contributed by atoms with E-state index in [0.717, 1.165) is 35.0 Å². The van der Waals surface area contributed by atoms with E-state index in [2.05, 4.69) is 34.1 Å². The summed E-state index contributed by atoms with van der Waals surface area (Å²) in [5.41, 5.74) is 5.29. The highest BCUT2D eigenvalue weighted by molar-refractivity contribution is 5.55. The molecule has 1 aliphatic carbocycles. The number of aryl methyl sites for hydroxylation is 3. The Bertz CT molecular complexity index is 609. The van der Waals surface area contributed by atoms with Gasteiger partial charge in [0, 0.05) is 35.7 Å². The highest BCUT2D eigenvalue weighted by atomic mass is 15.0. The van der Waals surface area contributed by atoms with Crippen molar-refractivity contribution in [2.24, 2.45) is 0 Å². The van der Waals surface area contributed by atoms with Crippen LogP contribution >= 0.6 is 0 Å². The lowest BCUT2D eigenvalue weighted by atomic mass is 10.1. The molecule has 0 saturated heterocycles. The zero-order chi connectivity index (χ0) is 14.1. The first-order chi connectivity index (χ1) is 9.65. The third kappa shape index (κ3) is 2.70. The van der Waals surface area contributed by atoms with Crippen LogP contribution in [0.4, 0.5) is 0 Å². The summed E-state index contributed by atoms with van der Waals surface area (Å²) < 4.78 is 0. The van der Waals surface area contributed by atoms with Crippen LogP contribution in [-0.4, -0.2) is 21.0 Å². The molecular formula is C16H20N4. The molecule has 1 fully saturated rings. The Labute approximate surface area is 119 Å². The zero-order valence-corrected chi connectivity index (χ0v) is 12.3. The van der Waals surface area contributed by atoms with Crippen molar-refractivity contribution in [1.29, 1.82) is 0 Å². The minimum Gasteiger partial charge on any atom is -0.310 e. The lowest BCUT2D eigenvalue weighted by molar-refractivity contribution is 0.675. The van der Waals surface area contributed by atoms with Crippen LogP contribution in [0.2, 0.25) is 0 Å². The van der Waals surface area contributed by atoms with Crippen LogP contribution in [0.15, 0.2) is 18.3 Å². The molecule has 3 rings (SSSR count). The van der Waals surface area contributed by atoms with Crippen LogP contribution in [0.5, 0.6) is 0 Å². The van der Waals surface area contributed by atoms with Crippen LogP contribution in [0, 0.1) is 20.8 Å². The van der Waals surface area contributed by atoms with Crippen molar-refractivity contribution in [2.45, 2.75) is 46.2 Å². The van der Waals surface area contributed by atoms with E-state index in [1.54, 1.807) is 6.20 Å². The standard InChI is InChI=1S/C16H20N4/c1-10-5-4-8-17-15(10)16-19-11(2)14(12(3)20-16)9-18-13-6-7-13/h4-5,8,13,18H,6-7,9H2,1-3H3. The molecule has 1 N–H and O–H groups in total. The lowest BCUT2D eigenvalue weighted by Gasteiger charge is -2.12. The van der Waals surface area contributed by atoms with Gasteiger partial charge in [-0.1, -0.05) is 6.07 Å². The molecule has 0 aromatic carbocycles. The predicted octanol–water partition coefficient (Wildman–Crippen LogP) is 2.72. The molecule has 4 heteroatoms. The van der Waals surface area contributed by atoms with Crippen molar-refractivity contribution in [3.05, 3.63) is 40.8 Å². The Balaban J connectivity index is 1.92. The molecule has 104 valence electrons. The van der Waals surface area contributed by atoms with E-state index >= 15 is 0 Å². The van der Waals surface area contributed by atoms with Gasteiger partial charge in [0.25, 0.3) is 0 Å². The van der Waals surface area contributed by atoms with Gasteiger partial charge in [0.1, 0.15) is 5.69 Å². The molecule has 0 spiro atoms. The van der Waals surface area contributed by atoms with Gasteiger partial charge in [-0.3, -0.25) is 4.98 Å². The Morgan fingerprint density at radius 2 is 1.85 bits per heavy atom. The van der Waals surface area contributed by atoms with Crippen molar-refractivity contribution in [1.82, 2.24) is 20.3 Å². The minimum atomic E-state index is 0.700. The van der Waals surface area contributed by atoms with E-state index in [1.165, 1.54) is 18.4 Å². The maximum atomic E-state index is 4.65. The van der Waals surface area contributed by atoms with Crippen LogP contribution < -0.4 is 5.32 Å². The summed E-state index contributed by atoms with van der Waals surface area (Å²) in [6.07, 6.45) is 4.38. The summed E-state index contributed by atoms with van der Waals surface area (Å²) in [6.45, 7) is 7.02. The molecule has 0 aliphatic heterocycles. The van der Waals surface area contributed by atoms with Crippen LogP contribution in [0.3, 0.4) is 0 Å². The molecule has 4 nitrogen and oxygen atoms in total. The Kier molecular flexibility index (Phi) is 3.49. The molecule has 1 saturated carbocycles. The quantitative estimate of drug-likeness (QED) is 0.926. The third-order valence-electron chi connectivity index (χ3n) is 3.79. The highest BCUT2D eigenvalue weighted by Crippen LogP contribution is 2.22. The predicted molar refractivity (Wildman–Crippen MR) is 79.3 cm³/mol. The van der Waals surface area contributed by atoms with E-state index in [-0.39, 0.29) is 0 Å². The average Bonchev–Trinajstić information content (AvgIpc) is 3.22. The normalized spacial score (nSPS) is 14.6.